The van der Waals surface area contributed by atoms with Crippen LogP contribution in [0.1, 0.15) is 22.6 Å². The molecule has 1 N–H and O–H groups in total. The number of benzene rings is 3. The number of fused-ring (bicyclic) bond motifs is 6. The van der Waals surface area contributed by atoms with Crippen molar-refractivity contribution in [1.29, 1.82) is 0 Å². The van der Waals surface area contributed by atoms with Gasteiger partial charge in [-0.15, -0.1) is 0 Å². The Balaban J connectivity index is 1.74. The summed E-state index contributed by atoms with van der Waals surface area (Å²) in [4.78, 5) is 3.61. The lowest BCUT2D eigenvalue weighted by Crippen LogP contribution is -2.27. The molecule has 1 heterocycles. The molecule has 0 radical (unpaired) electrons. The van der Waals surface area contributed by atoms with Crippen molar-refractivity contribution >= 4 is 28.6 Å². The Bertz CT molecular complexity index is 1320. The van der Waals surface area contributed by atoms with Gasteiger partial charge in [-0.05, 0) is 40.0 Å². The molecule has 0 aliphatic heterocycles. The molecule has 4 aromatic rings. The van der Waals surface area contributed by atoms with Crippen LogP contribution in [0, 0.1) is 0 Å². The molecule has 3 aromatic carbocycles. The van der Waals surface area contributed by atoms with Crippen LogP contribution in [0.25, 0.3) is 28.6 Å². The van der Waals surface area contributed by atoms with Crippen LogP contribution in [0.4, 0.5) is 0 Å². The lowest BCUT2D eigenvalue weighted by atomic mass is 9.90. The van der Waals surface area contributed by atoms with E-state index in [4.69, 9.17) is 0 Å². The largest absolute Gasteiger partial charge is 0.355 e. The topological polar surface area (TPSA) is 15.8 Å². The maximum Gasteiger partial charge on any atom is 0.0465 e. The van der Waals surface area contributed by atoms with Crippen molar-refractivity contribution in [1.82, 2.24) is 4.98 Å². The second-order valence-electron chi connectivity index (χ2n) is 7.07. The standard InChI is InChI=1S/C25H17N/c1-2-8-16(9-3-1)25-19-12-5-4-10-17(19)20-14-21-18-11-6-7-13-23(18)26-24(21)15-22(20)25/h1-15,20,26H. The van der Waals surface area contributed by atoms with Gasteiger partial charge in [-0.25, -0.2) is 0 Å². The molecule has 0 bridgehead atoms. The first-order valence-electron chi connectivity index (χ1n) is 9.09. The summed E-state index contributed by atoms with van der Waals surface area (Å²) in [5.74, 6) is 0.327. The highest BCUT2D eigenvalue weighted by Gasteiger charge is 2.30. The number of aromatic nitrogens is 1. The van der Waals surface area contributed by atoms with Crippen molar-refractivity contribution in [2.24, 2.45) is 0 Å². The van der Waals surface area contributed by atoms with Crippen molar-refractivity contribution in [3.05, 3.63) is 112 Å². The second kappa shape index (κ2) is 5.09. The number of hydrogen-bond acceptors (Lipinski definition) is 0. The van der Waals surface area contributed by atoms with Gasteiger partial charge in [-0.2, -0.15) is 0 Å². The Labute approximate surface area is 151 Å². The van der Waals surface area contributed by atoms with Crippen LogP contribution >= 0.6 is 0 Å². The van der Waals surface area contributed by atoms with E-state index in [2.05, 4.69) is 96.0 Å². The van der Waals surface area contributed by atoms with Gasteiger partial charge < -0.3 is 4.98 Å². The Morgan fingerprint density at radius 1 is 0.731 bits per heavy atom. The summed E-state index contributed by atoms with van der Waals surface area (Å²) in [6.07, 6.45) is 4.81. The number of para-hydroxylation sites is 1. The summed E-state index contributed by atoms with van der Waals surface area (Å²) < 4.78 is 0. The molecule has 0 fully saturated rings. The quantitative estimate of drug-likeness (QED) is 0.534. The van der Waals surface area contributed by atoms with Crippen LogP contribution in [0.2, 0.25) is 0 Å². The third-order valence-electron chi connectivity index (χ3n) is 5.66. The maximum absolute atomic E-state index is 3.61. The Morgan fingerprint density at radius 3 is 2.42 bits per heavy atom. The van der Waals surface area contributed by atoms with Crippen molar-refractivity contribution in [3.63, 3.8) is 0 Å². The molecule has 1 atom stereocenters. The summed E-state index contributed by atoms with van der Waals surface area (Å²) in [6, 6.07) is 28.2. The van der Waals surface area contributed by atoms with Crippen LogP contribution in [0.15, 0.2) is 84.4 Å². The molecule has 1 unspecified atom stereocenters. The summed E-state index contributed by atoms with van der Waals surface area (Å²) in [6.45, 7) is 0. The van der Waals surface area contributed by atoms with Crippen molar-refractivity contribution in [3.8, 4) is 0 Å². The average molecular weight is 331 g/mol. The van der Waals surface area contributed by atoms with E-state index < -0.39 is 0 Å². The molecule has 2 aliphatic carbocycles. The van der Waals surface area contributed by atoms with E-state index in [1.807, 2.05) is 0 Å². The van der Waals surface area contributed by atoms with Crippen LogP contribution in [-0.2, 0) is 0 Å². The van der Waals surface area contributed by atoms with Gasteiger partial charge in [0.1, 0.15) is 0 Å². The van der Waals surface area contributed by atoms with Crippen LogP contribution in [0.3, 0.4) is 0 Å². The number of aromatic amines is 1. The molecule has 2 aliphatic rings. The van der Waals surface area contributed by atoms with Crippen molar-refractivity contribution in [2.75, 3.05) is 0 Å². The zero-order chi connectivity index (χ0) is 17.1. The normalized spacial score (nSPS) is 17.3. The van der Waals surface area contributed by atoms with Crippen LogP contribution < -0.4 is 10.6 Å². The molecule has 26 heavy (non-hydrogen) atoms. The lowest BCUT2D eigenvalue weighted by molar-refractivity contribution is 1.11. The molecule has 0 saturated carbocycles. The second-order valence-corrected chi connectivity index (χ2v) is 7.07. The minimum absolute atomic E-state index is 0.327. The number of allylic oxidation sites excluding steroid dienone is 1. The van der Waals surface area contributed by atoms with E-state index in [1.54, 1.807) is 0 Å². The predicted molar refractivity (Wildman–Crippen MR) is 108 cm³/mol. The third-order valence-corrected chi connectivity index (χ3v) is 5.66. The van der Waals surface area contributed by atoms with Gasteiger partial charge in [-0.1, -0.05) is 78.9 Å². The fourth-order valence-electron chi connectivity index (χ4n) is 4.54. The molecule has 1 heteroatoms. The monoisotopic (exact) mass is 331 g/mol. The summed E-state index contributed by atoms with van der Waals surface area (Å²) in [5, 5.41) is 3.86. The Kier molecular flexibility index (Phi) is 2.72. The van der Waals surface area contributed by atoms with Gasteiger partial charge in [0.15, 0.2) is 0 Å². The average Bonchev–Trinajstić information content (AvgIpc) is 3.22. The SMILES string of the molecule is C1=c2[nH]c3ccccc3c2=CC2C1=C(c1ccccc1)c1ccccc12. The van der Waals surface area contributed by atoms with E-state index in [1.165, 1.54) is 49.3 Å². The number of H-pyrrole nitrogens is 1. The molecular formula is C25H17N. The lowest BCUT2D eigenvalue weighted by Gasteiger charge is -2.13. The van der Waals surface area contributed by atoms with Crippen molar-refractivity contribution in [2.45, 2.75) is 5.92 Å². The maximum atomic E-state index is 3.61. The fourth-order valence-corrected chi connectivity index (χ4v) is 4.54. The minimum atomic E-state index is 0.327. The first-order valence-corrected chi connectivity index (χ1v) is 9.09. The van der Waals surface area contributed by atoms with Gasteiger partial charge >= 0.3 is 0 Å². The number of hydrogen-bond donors (Lipinski definition) is 1. The fraction of sp³-hybridized carbons (Fsp3) is 0.0400. The van der Waals surface area contributed by atoms with E-state index in [0.717, 1.165) is 0 Å². The van der Waals surface area contributed by atoms with E-state index in [9.17, 15) is 0 Å². The van der Waals surface area contributed by atoms with E-state index in [0.29, 0.717) is 5.92 Å². The van der Waals surface area contributed by atoms with Gasteiger partial charge in [0.2, 0.25) is 0 Å². The van der Waals surface area contributed by atoms with Crippen LogP contribution in [0.5, 0.6) is 0 Å². The summed E-state index contributed by atoms with van der Waals surface area (Å²) in [7, 11) is 0. The molecule has 1 aromatic heterocycles. The highest BCUT2D eigenvalue weighted by atomic mass is 14.7. The zero-order valence-corrected chi connectivity index (χ0v) is 14.2. The predicted octanol–water partition coefficient (Wildman–Crippen LogP) is 4.34. The van der Waals surface area contributed by atoms with E-state index >= 15 is 0 Å². The molecule has 1 nitrogen and oxygen atoms in total. The van der Waals surface area contributed by atoms with Gasteiger partial charge in [0.25, 0.3) is 0 Å². The van der Waals surface area contributed by atoms with Gasteiger partial charge in [-0.3, -0.25) is 0 Å². The zero-order valence-electron chi connectivity index (χ0n) is 14.2. The molecule has 0 amide bonds. The van der Waals surface area contributed by atoms with Crippen LogP contribution in [-0.4, -0.2) is 4.98 Å². The summed E-state index contributed by atoms with van der Waals surface area (Å²) in [5.41, 5.74) is 8.04. The molecule has 0 spiro atoms. The highest BCUT2D eigenvalue weighted by molar-refractivity contribution is 5.97. The van der Waals surface area contributed by atoms with Gasteiger partial charge in [0.05, 0.1) is 0 Å². The number of nitrogens with one attached hydrogen (secondary N) is 1. The smallest absolute Gasteiger partial charge is 0.0465 e. The first-order chi connectivity index (χ1) is 12.9. The number of rotatable bonds is 1. The van der Waals surface area contributed by atoms with Gasteiger partial charge in [0, 0.05) is 27.4 Å². The third kappa shape index (κ3) is 1.80. The highest BCUT2D eigenvalue weighted by Crippen LogP contribution is 2.46. The molecule has 6 rings (SSSR count). The minimum Gasteiger partial charge on any atom is -0.355 e. The van der Waals surface area contributed by atoms with Crippen molar-refractivity contribution < 1.29 is 0 Å². The Hall–Kier alpha value is -3.32. The molecule has 122 valence electrons. The summed E-state index contributed by atoms with van der Waals surface area (Å²) >= 11 is 0. The Morgan fingerprint density at radius 2 is 1.50 bits per heavy atom. The first kappa shape index (κ1) is 13.9. The van der Waals surface area contributed by atoms with E-state index in [-0.39, 0.29) is 0 Å². The molecule has 0 saturated heterocycles. The molecular weight excluding hydrogens is 314 g/mol.